The summed E-state index contributed by atoms with van der Waals surface area (Å²) in [6.07, 6.45) is 0.609. The number of benzene rings is 2. The van der Waals surface area contributed by atoms with Crippen molar-refractivity contribution in [1.82, 2.24) is 0 Å². The molecule has 0 saturated heterocycles. The molecule has 5 heteroatoms. The zero-order valence-corrected chi connectivity index (χ0v) is 14.5. The Balaban J connectivity index is 1.62. The van der Waals surface area contributed by atoms with Crippen LogP contribution in [-0.2, 0) is 22.6 Å². The van der Waals surface area contributed by atoms with E-state index in [1.54, 1.807) is 12.1 Å². The maximum Gasteiger partial charge on any atom is 0.348 e. The Morgan fingerprint density at radius 3 is 2.40 bits per heavy atom. The fourth-order valence-corrected chi connectivity index (χ4v) is 3.65. The van der Waals surface area contributed by atoms with Gasteiger partial charge < -0.3 is 14.9 Å². The summed E-state index contributed by atoms with van der Waals surface area (Å²) in [4.78, 5) is 12.6. The summed E-state index contributed by atoms with van der Waals surface area (Å²) in [5, 5.41) is 19.4. The molecule has 2 aromatic carbocycles. The summed E-state index contributed by atoms with van der Waals surface area (Å²) < 4.78 is 5.49. The molecule has 0 fully saturated rings. The SMILES string of the molecule is O=C1OC(c2ccc(CO)cc2)CC(O)=C1SCCc1ccccc1. The van der Waals surface area contributed by atoms with Crippen LogP contribution in [0.3, 0.4) is 0 Å². The molecule has 0 aromatic heterocycles. The first-order chi connectivity index (χ1) is 12.2. The molecule has 2 aromatic rings. The van der Waals surface area contributed by atoms with Crippen molar-refractivity contribution in [1.29, 1.82) is 0 Å². The Morgan fingerprint density at radius 1 is 1.04 bits per heavy atom. The Morgan fingerprint density at radius 2 is 1.76 bits per heavy atom. The number of carbonyl (C=O) groups excluding carboxylic acids is 1. The zero-order valence-electron chi connectivity index (χ0n) is 13.7. The summed E-state index contributed by atoms with van der Waals surface area (Å²) in [7, 11) is 0. The van der Waals surface area contributed by atoms with Gasteiger partial charge in [-0.25, -0.2) is 4.79 Å². The first-order valence-corrected chi connectivity index (χ1v) is 9.15. The van der Waals surface area contributed by atoms with Crippen molar-refractivity contribution in [2.75, 3.05) is 5.75 Å². The van der Waals surface area contributed by atoms with Crippen molar-refractivity contribution < 1.29 is 19.7 Å². The minimum absolute atomic E-state index is 0.0297. The molecular weight excluding hydrogens is 336 g/mol. The highest BCUT2D eigenvalue weighted by Gasteiger charge is 2.30. The lowest BCUT2D eigenvalue weighted by molar-refractivity contribution is -0.146. The van der Waals surface area contributed by atoms with E-state index < -0.39 is 12.1 Å². The highest BCUT2D eigenvalue weighted by atomic mass is 32.2. The first kappa shape index (κ1) is 17.6. The number of cyclic esters (lactones) is 1. The molecule has 0 radical (unpaired) electrons. The molecule has 1 unspecified atom stereocenters. The second kappa shape index (κ2) is 8.23. The molecule has 0 aliphatic carbocycles. The standard InChI is InChI=1S/C20H20O4S/c21-13-15-6-8-16(9-7-15)18-12-17(22)19(20(23)24-18)25-11-10-14-4-2-1-3-5-14/h1-9,18,21-22H,10-13H2. The topological polar surface area (TPSA) is 66.8 Å². The molecule has 1 aliphatic rings. The number of thioether (sulfide) groups is 1. The van der Waals surface area contributed by atoms with Crippen molar-refractivity contribution in [3.63, 3.8) is 0 Å². The van der Waals surface area contributed by atoms with Gasteiger partial charge >= 0.3 is 5.97 Å². The van der Waals surface area contributed by atoms with E-state index in [4.69, 9.17) is 9.84 Å². The van der Waals surface area contributed by atoms with E-state index in [1.165, 1.54) is 17.3 Å². The van der Waals surface area contributed by atoms with Crippen molar-refractivity contribution in [2.45, 2.75) is 25.6 Å². The number of ether oxygens (including phenoxy) is 1. The van der Waals surface area contributed by atoms with Crippen LogP contribution in [0, 0.1) is 0 Å². The Hall–Kier alpha value is -2.24. The summed E-state index contributed by atoms with van der Waals surface area (Å²) >= 11 is 1.33. The predicted molar refractivity (Wildman–Crippen MR) is 98.1 cm³/mol. The zero-order chi connectivity index (χ0) is 17.6. The van der Waals surface area contributed by atoms with Crippen LogP contribution in [0.5, 0.6) is 0 Å². The normalized spacial score (nSPS) is 17.5. The number of aliphatic hydroxyl groups excluding tert-OH is 2. The maximum atomic E-state index is 12.3. The van der Waals surface area contributed by atoms with Crippen molar-refractivity contribution in [2.24, 2.45) is 0 Å². The van der Waals surface area contributed by atoms with Gasteiger partial charge in [-0.2, -0.15) is 0 Å². The van der Waals surface area contributed by atoms with Gasteiger partial charge in [0.1, 0.15) is 16.8 Å². The lowest BCUT2D eigenvalue weighted by Gasteiger charge is -2.24. The van der Waals surface area contributed by atoms with Gasteiger partial charge in [0.25, 0.3) is 0 Å². The minimum Gasteiger partial charge on any atom is -0.511 e. The summed E-state index contributed by atoms with van der Waals surface area (Å²) in [6, 6.07) is 17.2. The fraction of sp³-hybridized carbons (Fsp3) is 0.250. The Bertz CT molecular complexity index is 753. The van der Waals surface area contributed by atoms with E-state index in [1.807, 2.05) is 42.5 Å². The lowest BCUT2D eigenvalue weighted by atomic mass is 10.0. The number of carbonyl (C=O) groups is 1. The number of hydrogen-bond acceptors (Lipinski definition) is 5. The number of rotatable bonds is 6. The molecule has 0 saturated carbocycles. The lowest BCUT2D eigenvalue weighted by Crippen LogP contribution is -2.20. The van der Waals surface area contributed by atoms with Gasteiger partial charge in [0.05, 0.1) is 6.61 Å². The van der Waals surface area contributed by atoms with E-state index in [2.05, 4.69) is 0 Å². The van der Waals surface area contributed by atoms with Crippen molar-refractivity contribution >= 4 is 17.7 Å². The van der Waals surface area contributed by atoms with Crippen molar-refractivity contribution in [3.8, 4) is 0 Å². The molecule has 130 valence electrons. The molecule has 0 amide bonds. The number of aliphatic hydroxyl groups is 2. The van der Waals surface area contributed by atoms with Crippen LogP contribution in [0.4, 0.5) is 0 Å². The van der Waals surface area contributed by atoms with Crippen LogP contribution >= 0.6 is 11.8 Å². The van der Waals surface area contributed by atoms with Gasteiger partial charge in [-0.1, -0.05) is 54.6 Å². The van der Waals surface area contributed by atoms with Gasteiger partial charge in [0.15, 0.2) is 0 Å². The second-order valence-electron chi connectivity index (χ2n) is 5.86. The van der Waals surface area contributed by atoms with Gasteiger partial charge in [-0.05, 0) is 23.1 Å². The number of hydrogen-bond donors (Lipinski definition) is 2. The molecule has 1 aliphatic heterocycles. The Labute approximate surface area is 151 Å². The van der Waals surface area contributed by atoms with Gasteiger partial charge in [-0.3, -0.25) is 0 Å². The molecule has 25 heavy (non-hydrogen) atoms. The Kier molecular flexibility index (Phi) is 5.79. The fourth-order valence-electron chi connectivity index (χ4n) is 2.69. The molecule has 3 rings (SSSR count). The largest absolute Gasteiger partial charge is 0.511 e. The van der Waals surface area contributed by atoms with E-state index in [0.717, 1.165) is 17.5 Å². The van der Waals surface area contributed by atoms with Crippen molar-refractivity contribution in [3.05, 3.63) is 82.0 Å². The third-order valence-electron chi connectivity index (χ3n) is 4.09. The molecular formula is C20H20O4S. The molecule has 1 atom stereocenters. The summed E-state index contributed by atoms with van der Waals surface area (Å²) in [5.41, 5.74) is 2.80. The number of esters is 1. The summed E-state index contributed by atoms with van der Waals surface area (Å²) in [6.45, 7) is -0.0297. The first-order valence-electron chi connectivity index (χ1n) is 8.17. The molecule has 0 spiro atoms. The molecule has 1 heterocycles. The van der Waals surface area contributed by atoms with Crippen LogP contribution in [0.15, 0.2) is 65.3 Å². The van der Waals surface area contributed by atoms with Gasteiger partial charge in [0, 0.05) is 12.2 Å². The maximum absolute atomic E-state index is 12.3. The monoisotopic (exact) mass is 356 g/mol. The number of aryl methyl sites for hydroxylation is 1. The predicted octanol–water partition coefficient (Wildman–Crippen LogP) is 3.91. The molecule has 2 N–H and O–H groups in total. The summed E-state index contributed by atoms with van der Waals surface area (Å²) in [5.74, 6) is 0.317. The third-order valence-corrected chi connectivity index (χ3v) is 5.19. The highest BCUT2D eigenvalue weighted by molar-refractivity contribution is 8.04. The molecule has 0 bridgehead atoms. The second-order valence-corrected chi connectivity index (χ2v) is 6.96. The van der Waals surface area contributed by atoms with Crippen LogP contribution < -0.4 is 0 Å². The average Bonchev–Trinajstić information content (AvgIpc) is 2.65. The van der Waals surface area contributed by atoms with Crippen LogP contribution in [0.25, 0.3) is 0 Å². The van der Waals surface area contributed by atoms with E-state index in [-0.39, 0.29) is 18.8 Å². The van der Waals surface area contributed by atoms with Gasteiger partial charge in [0.2, 0.25) is 0 Å². The quantitative estimate of drug-likeness (QED) is 0.768. The molecule has 4 nitrogen and oxygen atoms in total. The van der Waals surface area contributed by atoms with E-state index in [9.17, 15) is 9.90 Å². The van der Waals surface area contributed by atoms with Crippen LogP contribution in [-0.4, -0.2) is 21.9 Å². The smallest absolute Gasteiger partial charge is 0.348 e. The minimum atomic E-state index is -0.487. The highest BCUT2D eigenvalue weighted by Crippen LogP contribution is 2.35. The van der Waals surface area contributed by atoms with Crippen LogP contribution in [0.2, 0.25) is 0 Å². The van der Waals surface area contributed by atoms with E-state index in [0.29, 0.717) is 10.7 Å². The van der Waals surface area contributed by atoms with Gasteiger partial charge in [-0.15, -0.1) is 11.8 Å². The third kappa shape index (κ3) is 4.44. The van der Waals surface area contributed by atoms with Crippen LogP contribution in [0.1, 0.15) is 29.2 Å². The average molecular weight is 356 g/mol. The van der Waals surface area contributed by atoms with E-state index >= 15 is 0 Å².